The minimum absolute atomic E-state index is 0.0464. The molecule has 0 saturated carbocycles. The molecular weight excluding hydrogens is 1240 g/mol. The molecule has 7 N–H and O–H groups in total. The maximum absolute atomic E-state index is 13.0. The van der Waals surface area contributed by atoms with E-state index in [1.54, 1.807) is 35.6 Å². The van der Waals surface area contributed by atoms with Crippen LogP contribution in [0.5, 0.6) is 17.2 Å². The van der Waals surface area contributed by atoms with Gasteiger partial charge in [0.1, 0.15) is 13.2 Å². The Labute approximate surface area is 565 Å². The fraction of sp³-hybridized carbons (Fsp3) is 0.357. The number of nitrogens with two attached hydrogens (primary N) is 1. The third-order valence-corrected chi connectivity index (χ3v) is 15.4. The number of piperazine rings is 3. The Hall–Kier alpha value is -10.3. The van der Waals surface area contributed by atoms with Crippen LogP contribution >= 0.6 is 0 Å². The zero-order valence-corrected chi connectivity index (χ0v) is 56.7. The second-order valence-electron chi connectivity index (χ2n) is 21.9. The molecular formula is C70H91N15O12. The van der Waals surface area contributed by atoms with Gasteiger partial charge >= 0.3 is 5.97 Å². The van der Waals surface area contributed by atoms with Gasteiger partial charge in [0.15, 0.2) is 28.6 Å². The summed E-state index contributed by atoms with van der Waals surface area (Å²) in [5, 5.41) is 42.3. The van der Waals surface area contributed by atoms with Crippen molar-refractivity contribution in [3.8, 4) is 34.3 Å². The first-order chi connectivity index (χ1) is 47.0. The van der Waals surface area contributed by atoms with Crippen LogP contribution in [-0.2, 0) is 18.0 Å². The molecule has 3 fully saturated rings. The Morgan fingerprint density at radius 3 is 1.07 bits per heavy atom. The smallest absolute Gasteiger partial charge is 0.363 e. The lowest BCUT2D eigenvalue weighted by Gasteiger charge is -2.35. The number of aliphatic hydroxyl groups is 2. The summed E-state index contributed by atoms with van der Waals surface area (Å²) in [5.41, 5.74) is 8.76. The van der Waals surface area contributed by atoms with Gasteiger partial charge in [-0.1, -0.05) is 97.1 Å². The van der Waals surface area contributed by atoms with E-state index < -0.39 is 39.8 Å². The third-order valence-electron chi connectivity index (χ3n) is 15.4. The Morgan fingerprint density at radius 2 is 0.742 bits per heavy atom. The van der Waals surface area contributed by atoms with E-state index in [-0.39, 0.29) is 55.0 Å². The normalized spacial score (nSPS) is 13.8. The topological polar surface area (TPSA) is 314 Å². The molecule has 27 nitrogen and oxygen atoms in total. The molecule has 6 heterocycles. The maximum Gasteiger partial charge on any atom is 0.363 e. The zero-order valence-electron chi connectivity index (χ0n) is 56.7. The number of nitrogens with one attached hydrogen (secondary N) is 2. The highest BCUT2D eigenvalue weighted by molar-refractivity contribution is 5.93. The highest BCUT2D eigenvalue weighted by Gasteiger charge is 2.26. The first-order valence-electron chi connectivity index (χ1n) is 31.8. The third kappa shape index (κ3) is 20.9. The van der Waals surface area contributed by atoms with E-state index in [1.807, 2.05) is 133 Å². The molecule has 2 amide bonds. The Kier molecular flexibility index (Phi) is 30.4. The van der Waals surface area contributed by atoms with Crippen LogP contribution in [0.4, 0.5) is 17.1 Å². The summed E-state index contributed by atoms with van der Waals surface area (Å²) in [4.78, 5) is 88.3. The van der Waals surface area contributed by atoms with Gasteiger partial charge in [0.25, 0.3) is 28.1 Å². The number of amides is 2. The van der Waals surface area contributed by atoms with Crippen molar-refractivity contribution in [1.29, 1.82) is 0 Å². The van der Waals surface area contributed by atoms with Gasteiger partial charge in [-0.2, -0.15) is 15.3 Å². The quantitative estimate of drug-likeness (QED) is 0.0748. The van der Waals surface area contributed by atoms with Crippen LogP contribution in [0.2, 0.25) is 0 Å². The maximum atomic E-state index is 13.0. The van der Waals surface area contributed by atoms with Gasteiger partial charge in [-0.05, 0) is 89.6 Å². The van der Waals surface area contributed by atoms with Gasteiger partial charge in [-0.15, -0.1) is 0 Å². The number of rotatable bonds is 16. The number of esters is 1. The van der Waals surface area contributed by atoms with Crippen LogP contribution in [0.15, 0.2) is 166 Å². The molecule has 0 spiro atoms. The molecule has 3 saturated heterocycles. The number of anilines is 3. The molecule has 3 aliphatic rings. The second-order valence-corrected chi connectivity index (χ2v) is 21.9. The lowest BCUT2D eigenvalue weighted by Crippen LogP contribution is -2.44. The number of ether oxygens (including phenoxy) is 3. The van der Waals surface area contributed by atoms with Gasteiger partial charge in [0.2, 0.25) is 5.69 Å². The molecule has 0 bridgehead atoms. The molecule has 0 atom stereocenters. The first kappa shape index (κ1) is 75.7. The SMILES string of the molecule is CCO.CCOC(=O)c1nn(-c2ccccc2N2CCN(C)CC2)cc(OCc2ccccc2)c1=O.CN.CNC(=O)c1nn(-c2ccccc2N2CCN(C)CC2)cc(O)c1=O.CNC(=O)c1nn(-c2ccccc2N2CCN(C)CC2)cc(OCc2ccccc2)c1=O.CO. The number of aromatic nitrogens is 6. The van der Waals surface area contributed by atoms with Crippen molar-refractivity contribution in [3.63, 3.8) is 0 Å². The number of aliphatic hydroxyl groups excluding tert-OH is 2. The van der Waals surface area contributed by atoms with E-state index in [0.717, 1.165) is 125 Å². The van der Waals surface area contributed by atoms with E-state index in [4.69, 9.17) is 24.4 Å². The Bertz CT molecular complexity index is 3960. The van der Waals surface area contributed by atoms with Crippen LogP contribution in [-0.4, -0.2) is 218 Å². The fourth-order valence-corrected chi connectivity index (χ4v) is 10.2. The van der Waals surface area contributed by atoms with Crippen molar-refractivity contribution in [2.45, 2.75) is 27.1 Å². The number of para-hydroxylation sites is 6. The Balaban J connectivity index is 0.000000221. The zero-order chi connectivity index (χ0) is 70.4. The molecule has 3 aromatic heterocycles. The summed E-state index contributed by atoms with van der Waals surface area (Å²) in [7, 11) is 11.7. The van der Waals surface area contributed by atoms with Gasteiger partial charge in [-0.3, -0.25) is 24.0 Å². The van der Waals surface area contributed by atoms with E-state index in [9.17, 15) is 33.9 Å². The number of benzene rings is 5. The number of hydrogen-bond acceptors (Lipinski definition) is 22. The van der Waals surface area contributed by atoms with Crippen molar-refractivity contribution in [3.05, 3.63) is 211 Å². The van der Waals surface area contributed by atoms with Crippen molar-refractivity contribution < 1.29 is 43.9 Å². The van der Waals surface area contributed by atoms with E-state index in [2.05, 4.69) is 82.2 Å². The largest absolute Gasteiger partial charge is 0.503 e. The molecule has 3 aliphatic heterocycles. The van der Waals surface area contributed by atoms with Crippen molar-refractivity contribution in [2.24, 2.45) is 5.73 Å². The molecule has 97 heavy (non-hydrogen) atoms. The van der Waals surface area contributed by atoms with Crippen LogP contribution in [0.1, 0.15) is 56.4 Å². The Morgan fingerprint density at radius 1 is 0.454 bits per heavy atom. The van der Waals surface area contributed by atoms with E-state index >= 15 is 0 Å². The van der Waals surface area contributed by atoms with Crippen LogP contribution < -0.4 is 56.8 Å². The molecule has 0 radical (unpaired) electrons. The molecule has 5 aromatic carbocycles. The second kappa shape index (κ2) is 38.9. The van der Waals surface area contributed by atoms with Gasteiger partial charge in [-0.25, -0.2) is 18.8 Å². The fourth-order valence-electron chi connectivity index (χ4n) is 10.2. The van der Waals surface area contributed by atoms with Crippen molar-refractivity contribution >= 4 is 34.8 Å². The minimum atomic E-state index is -0.785. The van der Waals surface area contributed by atoms with Crippen molar-refractivity contribution in [2.75, 3.05) is 156 Å². The summed E-state index contributed by atoms with van der Waals surface area (Å²) in [6, 6.07) is 42.4. The standard InChI is InChI=1S/C25H28N4O4.C24H27N5O3.C17H21N5O3.C2H6O.CH5N.CH4O/c1-3-32-25(31)23-24(30)22(33-18-19-9-5-4-6-10-19)17-29(26-23)21-12-8-7-11-20(21)28-15-13-27(2)14-16-28;1-25-24(31)22-23(30)21(32-17-18-8-4-3-5-9-18)16-29(26-22)20-11-7-6-10-19(20)28-14-12-27(2)13-15-28;1-18-17(25)15-16(24)14(23)11-22(19-15)13-6-4-3-5-12(13)21-9-7-20(2)8-10-21;1-2-3;2*1-2/h4-12,17H,3,13-16,18H2,1-2H3;3-11,16H,12-15,17H2,1-2H3,(H,25,31);3-6,11,23H,7-10H2,1-2H3,(H,18,25);3H,2H2,1H3;2H2,1H3;2H,1H3. The number of hydrogen-bond donors (Lipinski definition) is 6. The predicted molar refractivity (Wildman–Crippen MR) is 376 cm³/mol. The van der Waals surface area contributed by atoms with Gasteiger partial charge in [0, 0.05) is 106 Å². The molecule has 0 aliphatic carbocycles. The number of nitrogens with zero attached hydrogens (tertiary/aromatic N) is 12. The van der Waals surface area contributed by atoms with Gasteiger partial charge < -0.3 is 75.3 Å². The van der Waals surface area contributed by atoms with E-state index in [1.165, 1.54) is 32.0 Å². The number of likely N-dealkylation sites (N-methyl/N-ethyl adjacent to an activating group) is 3. The molecule has 518 valence electrons. The molecule has 0 unspecified atom stereocenters. The number of aromatic hydroxyl groups is 1. The summed E-state index contributed by atoms with van der Waals surface area (Å²) in [6.45, 7) is 15.1. The summed E-state index contributed by atoms with van der Waals surface area (Å²) in [6.07, 6.45) is 4.35. The lowest BCUT2D eigenvalue weighted by molar-refractivity contribution is 0.0514. The number of carbonyl (C=O) groups excluding carboxylic acids is 3. The number of carbonyl (C=O) groups is 3. The lowest BCUT2D eigenvalue weighted by atomic mass is 10.2. The summed E-state index contributed by atoms with van der Waals surface area (Å²) in [5.74, 6) is -2.33. The highest BCUT2D eigenvalue weighted by Crippen LogP contribution is 2.29. The van der Waals surface area contributed by atoms with Crippen LogP contribution in [0.25, 0.3) is 17.1 Å². The van der Waals surface area contributed by atoms with Crippen LogP contribution in [0, 0.1) is 0 Å². The summed E-state index contributed by atoms with van der Waals surface area (Å²) >= 11 is 0. The van der Waals surface area contributed by atoms with E-state index in [0.29, 0.717) is 5.69 Å². The average molecular weight is 1330 g/mol. The van der Waals surface area contributed by atoms with Crippen LogP contribution in [0.3, 0.4) is 0 Å². The molecule has 8 aromatic rings. The van der Waals surface area contributed by atoms with Crippen molar-refractivity contribution in [1.82, 2.24) is 54.7 Å². The monoisotopic (exact) mass is 1330 g/mol. The average Bonchev–Trinajstić information content (AvgIpc) is 0.807. The summed E-state index contributed by atoms with van der Waals surface area (Å²) < 4.78 is 21.3. The first-order valence-corrected chi connectivity index (χ1v) is 31.8. The minimum Gasteiger partial charge on any atom is -0.503 e. The molecule has 11 rings (SSSR count). The van der Waals surface area contributed by atoms with Gasteiger partial charge in [0.05, 0.1) is 59.3 Å². The molecule has 27 heteroatoms. The predicted octanol–water partition coefficient (Wildman–Crippen LogP) is 3.89. The highest BCUT2D eigenvalue weighted by atomic mass is 16.5.